The van der Waals surface area contributed by atoms with Gasteiger partial charge in [0.2, 0.25) is 0 Å². The van der Waals surface area contributed by atoms with Crippen molar-refractivity contribution < 1.29 is 13.9 Å². The Balaban J connectivity index is 1.72. The molecule has 1 N–H and O–H groups in total. The van der Waals surface area contributed by atoms with Crippen LogP contribution in [0.3, 0.4) is 0 Å². The highest BCUT2D eigenvalue weighted by Gasteiger charge is 2.04. The molecule has 2 aromatic carbocycles. The normalized spacial score (nSPS) is 10.2. The van der Waals surface area contributed by atoms with Crippen molar-refractivity contribution in [3.63, 3.8) is 0 Å². The molecule has 0 aliphatic carbocycles. The van der Waals surface area contributed by atoms with Crippen molar-refractivity contribution in [1.82, 2.24) is 5.32 Å². The lowest BCUT2D eigenvalue weighted by Gasteiger charge is -2.08. The summed E-state index contributed by atoms with van der Waals surface area (Å²) in [6.45, 7) is 0.315. The number of amides is 1. The second kappa shape index (κ2) is 7.78. The number of hydrogen-bond donors (Lipinski definition) is 1. The summed E-state index contributed by atoms with van der Waals surface area (Å²) in [5.41, 5.74) is 0.589. The van der Waals surface area contributed by atoms with Crippen molar-refractivity contribution >= 4 is 21.8 Å². The molecule has 0 aliphatic rings. The number of carbonyl (C=O) groups excluding carboxylic acids is 1. The Labute approximate surface area is 131 Å². The highest BCUT2D eigenvalue weighted by atomic mass is 79.9. The minimum atomic E-state index is -0.253. The maximum atomic E-state index is 13.4. The van der Waals surface area contributed by atoms with E-state index in [4.69, 9.17) is 4.74 Å². The summed E-state index contributed by atoms with van der Waals surface area (Å²) in [7, 11) is 0. The Morgan fingerprint density at radius 2 is 2.00 bits per heavy atom. The molecule has 0 atom stereocenters. The third-order valence-electron chi connectivity index (χ3n) is 2.84. The van der Waals surface area contributed by atoms with Crippen molar-refractivity contribution in [3.05, 3.63) is 64.4 Å². The largest absolute Gasteiger partial charge is 0.484 e. The zero-order valence-corrected chi connectivity index (χ0v) is 12.9. The first-order valence-corrected chi connectivity index (χ1v) is 7.33. The van der Waals surface area contributed by atoms with Crippen LogP contribution in [0.25, 0.3) is 0 Å². The minimum absolute atomic E-state index is 0.0618. The lowest BCUT2D eigenvalue weighted by molar-refractivity contribution is -0.123. The fraction of sp³-hybridized carbons (Fsp3) is 0.188. The van der Waals surface area contributed by atoms with Crippen molar-refractivity contribution in [3.8, 4) is 5.75 Å². The van der Waals surface area contributed by atoms with Gasteiger partial charge in [-0.1, -0.05) is 40.2 Å². The van der Waals surface area contributed by atoms with Crippen LogP contribution in [0, 0.1) is 5.82 Å². The number of halogens is 2. The Kier molecular flexibility index (Phi) is 5.75. The topological polar surface area (TPSA) is 38.3 Å². The number of nitrogens with one attached hydrogen (secondary N) is 1. The van der Waals surface area contributed by atoms with Crippen molar-refractivity contribution in [2.45, 2.75) is 6.42 Å². The van der Waals surface area contributed by atoms with Gasteiger partial charge in [-0.15, -0.1) is 0 Å². The zero-order chi connectivity index (χ0) is 15.1. The van der Waals surface area contributed by atoms with Crippen LogP contribution in [0.5, 0.6) is 5.75 Å². The molecular formula is C16H15BrFNO2. The molecule has 1 amide bonds. The Hall–Kier alpha value is -1.88. The van der Waals surface area contributed by atoms with E-state index < -0.39 is 0 Å². The van der Waals surface area contributed by atoms with E-state index in [2.05, 4.69) is 21.2 Å². The molecule has 0 radical (unpaired) electrons. The average Bonchev–Trinajstić information content (AvgIpc) is 2.47. The third kappa shape index (κ3) is 5.19. The monoisotopic (exact) mass is 351 g/mol. The summed E-state index contributed by atoms with van der Waals surface area (Å²) < 4.78 is 19.6. The predicted octanol–water partition coefficient (Wildman–Crippen LogP) is 3.33. The molecule has 21 heavy (non-hydrogen) atoms. The minimum Gasteiger partial charge on any atom is -0.484 e. The van der Waals surface area contributed by atoms with Crippen LogP contribution in [-0.2, 0) is 11.2 Å². The van der Waals surface area contributed by atoms with Crippen molar-refractivity contribution in [2.75, 3.05) is 13.2 Å². The quantitative estimate of drug-likeness (QED) is 0.866. The van der Waals surface area contributed by atoms with Crippen LogP contribution in [-0.4, -0.2) is 19.1 Å². The molecule has 2 rings (SSSR count). The molecule has 0 unspecified atom stereocenters. The van der Waals surface area contributed by atoms with E-state index in [9.17, 15) is 9.18 Å². The molecule has 0 fully saturated rings. The van der Waals surface area contributed by atoms with Gasteiger partial charge in [0.15, 0.2) is 6.61 Å². The van der Waals surface area contributed by atoms with Crippen LogP contribution < -0.4 is 10.1 Å². The van der Waals surface area contributed by atoms with Gasteiger partial charge in [-0.2, -0.15) is 0 Å². The van der Waals surface area contributed by atoms with Gasteiger partial charge >= 0.3 is 0 Å². The fourth-order valence-electron chi connectivity index (χ4n) is 1.79. The maximum Gasteiger partial charge on any atom is 0.257 e. The zero-order valence-electron chi connectivity index (χ0n) is 11.3. The molecular weight excluding hydrogens is 337 g/mol. The molecule has 0 spiro atoms. The molecule has 2 aromatic rings. The second-order valence-electron chi connectivity index (χ2n) is 4.44. The highest BCUT2D eigenvalue weighted by Crippen LogP contribution is 2.17. The molecule has 3 nitrogen and oxygen atoms in total. The summed E-state index contributed by atoms with van der Waals surface area (Å²) >= 11 is 3.33. The maximum absolute atomic E-state index is 13.4. The Morgan fingerprint density at radius 1 is 1.19 bits per heavy atom. The average molecular weight is 352 g/mol. The first kappa shape index (κ1) is 15.5. The summed E-state index contributed by atoms with van der Waals surface area (Å²) in [5.74, 6) is 0.136. The fourth-order valence-corrected chi connectivity index (χ4v) is 2.17. The molecule has 0 aromatic heterocycles. The molecule has 0 heterocycles. The van der Waals surface area contributed by atoms with Gasteiger partial charge in [-0.3, -0.25) is 4.79 Å². The van der Waals surface area contributed by atoms with Crippen LogP contribution in [0.15, 0.2) is 53.0 Å². The molecule has 0 saturated heterocycles. The number of carbonyl (C=O) groups is 1. The van der Waals surface area contributed by atoms with Gasteiger partial charge in [0.05, 0.1) is 0 Å². The summed E-state index contributed by atoms with van der Waals surface area (Å²) in [4.78, 5) is 11.6. The van der Waals surface area contributed by atoms with Crippen LogP contribution in [0.1, 0.15) is 5.56 Å². The van der Waals surface area contributed by atoms with E-state index in [1.165, 1.54) is 6.07 Å². The number of ether oxygens (including phenoxy) is 1. The van der Waals surface area contributed by atoms with Crippen LogP contribution in [0.2, 0.25) is 0 Å². The van der Waals surface area contributed by atoms with E-state index in [0.717, 1.165) is 4.47 Å². The lowest BCUT2D eigenvalue weighted by Crippen LogP contribution is -2.30. The standard InChI is InChI=1S/C16H15BrFNO2/c17-13-5-3-6-14(10-13)21-11-16(20)19-9-8-12-4-1-2-7-15(12)18/h1-7,10H,8-9,11H2,(H,19,20). The van der Waals surface area contributed by atoms with Gasteiger partial charge in [-0.25, -0.2) is 4.39 Å². The van der Waals surface area contributed by atoms with Gasteiger partial charge in [0.25, 0.3) is 5.91 Å². The Morgan fingerprint density at radius 3 is 2.76 bits per heavy atom. The third-order valence-corrected chi connectivity index (χ3v) is 3.33. The van der Waals surface area contributed by atoms with Crippen LogP contribution >= 0.6 is 15.9 Å². The summed E-state index contributed by atoms with van der Waals surface area (Å²) in [5, 5.41) is 2.70. The van der Waals surface area contributed by atoms with E-state index in [0.29, 0.717) is 24.3 Å². The summed E-state index contributed by atoms with van der Waals surface area (Å²) in [6.07, 6.45) is 0.454. The van der Waals surface area contributed by atoms with E-state index in [1.807, 2.05) is 12.1 Å². The molecule has 0 aliphatic heterocycles. The van der Waals surface area contributed by atoms with Crippen molar-refractivity contribution in [1.29, 1.82) is 0 Å². The highest BCUT2D eigenvalue weighted by molar-refractivity contribution is 9.10. The number of hydrogen-bond acceptors (Lipinski definition) is 2. The SMILES string of the molecule is O=C(COc1cccc(Br)c1)NCCc1ccccc1F. The van der Waals surface area contributed by atoms with E-state index in [1.54, 1.807) is 30.3 Å². The number of rotatable bonds is 6. The van der Waals surface area contributed by atoms with Gasteiger partial charge in [0.1, 0.15) is 11.6 Å². The first-order valence-electron chi connectivity index (χ1n) is 6.53. The summed E-state index contributed by atoms with van der Waals surface area (Å²) in [6, 6.07) is 13.8. The Bertz CT molecular complexity index is 619. The molecule has 0 saturated carbocycles. The second-order valence-corrected chi connectivity index (χ2v) is 5.35. The first-order chi connectivity index (χ1) is 10.1. The molecule has 110 valence electrons. The van der Waals surface area contributed by atoms with E-state index in [-0.39, 0.29) is 18.3 Å². The van der Waals surface area contributed by atoms with Gasteiger partial charge in [0, 0.05) is 11.0 Å². The van der Waals surface area contributed by atoms with Gasteiger partial charge in [-0.05, 0) is 36.2 Å². The smallest absolute Gasteiger partial charge is 0.257 e. The predicted molar refractivity (Wildman–Crippen MR) is 82.8 cm³/mol. The molecule has 0 bridgehead atoms. The lowest BCUT2D eigenvalue weighted by atomic mass is 10.1. The van der Waals surface area contributed by atoms with Gasteiger partial charge < -0.3 is 10.1 Å². The van der Waals surface area contributed by atoms with E-state index >= 15 is 0 Å². The van der Waals surface area contributed by atoms with Crippen LogP contribution in [0.4, 0.5) is 4.39 Å². The number of benzene rings is 2. The van der Waals surface area contributed by atoms with Crippen molar-refractivity contribution in [2.24, 2.45) is 0 Å². The molecule has 5 heteroatoms.